The van der Waals surface area contributed by atoms with Gasteiger partial charge in [0.25, 0.3) is 0 Å². The van der Waals surface area contributed by atoms with E-state index in [2.05, 4.69) is 20.6 Å². The van der Waals surface area contributed by atoms with Crippen molar-refractivity contribution in [3.05, 3.63) is 12.0 Å². The second-order valence-electron chi connectivity index (χ2n) is 5.01. The van der Waals surface area contributed by atoms with E-state index in [-0.39, 0.29) is 12.4 Å². The van der Waals surface area contributed by atoms with Crippen LogP contribution in [-0.4, -0.2) is 59.3 Å². The van der Waals surface area contributed by atoms with E-state index in [0.717, 1.165) is 6.20 Å². The largest absolute Gasteiger partial charge is 0.387 e. The number of hydrogen-bond donors (Lipinski definition) is 3. The minimum atomic E-state index is -0.973. The molecular formula is C12H22FN5O. The van der Waals surface area contributed by atoms with E-state index in [9.17, 15) is 9.50 Å². The molecule has 7 heteroatoms. The Bertz CT molecular complexity index is 411. The van der Waals surface area contributed by atoms with Crippen LogP contribution in [0.25, 0.3) is 0 Å². The highest BCUT2D eigenvalue weighted by Crippen LogP contribution is 2.13. The van der Waals surface area contributed by atoms with Crippen LogP contribution >= 0.6 is 0 Å². The van der Waals surface area contributed by atoms with Gasteiger partial charge in [0, 0.05) is 19.6 Å². The molecule has 19 heavy (non-hydrogen) atoms. The number of nitrogens with zero attached hydrogens (tertiary/aromatic N) is 3. The van der Waals surface area contributed by atoms with E-state index in [4.69, 9.17) is 0 Å². The van der Waals surface area contributed by atoms with Crippen molar-refractivity contribution in [1.82, 2.24) is 14.9 Å². The molecule has 0 aliphatic heterocycles. The average Bonchev–Trinajstić information content (AvgIpc) is 2.28. The molecule has 1 atom stereocenters. The van der Waals surface area contributed by atoms with Gasteiger partial charge in [0.05, 0.1) is 11.8 Å². The summed E-state index contributed by atoms with van der Waals surface area (Å²) in [6.07, 6.45) is 1.11. The molecule has 1 aromatic heterocycles. The second kappa shape index (κ2) is 6.63. The van der Waals surface area contributed by atoms with Crippen molar-refractivity contribution in [2.24, 2.45) is 0 Å². The zero-order valence-corrected chi connectivity index (χ0v) is 11.9. The minimum Gasteiger partial charge on any atom is -0.387 e. The van der Waals surface area contributed by atoms with Gasteiger partial charge in [-0.05, 0) is 27.9 Å². The molecule has 0 amide bonds. The molecule has 0 bridgehead atoms. The van der Waals surface area contributed by atoms with Gasteiger partial charge in [0.2, 0.25) is 5.95 Å². The number of aliphatic hydroxyl groups is 1. The Kier molecular flexibility index (Phi) is 5.44. The normalized spacial score (nSPS) is 14.3. The predicted octanol–water partition coefficient (Wildman–Crippen LogP) is 0.772. The zero-order valence-electron chi connectivity index (χ0n) is 11.9. The SMILES string of the molecule is CCNc1ncc(F)c(NCC(C)(O)CN(C)C)n1. The first-order valence-electron chi connectivity index (χ1n) is 6.21. The monoisotopic (exact) mass is 271 g/mol. The Morgan fingerprint density at radius 1 is 1.42 bits per heavy atom. The third kappa shape index (κ3) is 5.35. The number of halogens is 1. The second-order valence-corrected chi connectivity index (χ2v) is 5.01. The predicted molar refractivity (Wildman–Crippen MR) is 73.8 cm³/mol. The van der Waals surface area contributed by atoms with E-state index >= 15 is 0 Å². The maximum absolute atomic E-state index is 13.5. The fraction of sp³-hybridized carbons (Fsp3) is 0.667. The molecule has 0 aliphatic rings. The van der Waals surface area contributed by atoms with E-state index < -0.39 is 11.4 Å². The standard InChI is InChI=1S/C12H22FN5O/c1-5-14-11-15-6-9(13)10(17-11)16-7-12(2,19)8-18(3)4/h6,19H,5,7-8H2,1-4H3,(H2,14,15,16,17). The van der Waals surface area contributed by atoms with Gasteiger partial charge in [0.15, 0.2) is 11.6 Å². The molecule has 0 aromatic carbocycles. The summed E-state index contributed by atoms with van der Waals surface area (Å²) >= 11 is 0. The molecule has 0 saturated carbocycles. The number of anilines is 2. The highest BCUT2D eigenvalue weighted by molar-refractivity contribution is 5.41. The molecule has 108 valence electrons. The fourth-order valence-electron chi connectivity index (χ4n) is 1.75. The summed E-state index contributed by atoms with van der Waals surface area (Å²) in [5.74, 6) is -0.0917. The lowest BCUT2D eigenvalue weighted by Crippen LogP contribution is -2.43. The first kappa shape index (κ1) is 15.6. The summed E-state index contributed by atoms with van der Waals surface area (Å²) in [4.78, 5) is 9.69. The first-order valence-corrected chi connectivity index (χ1v) is 6.21. The quantitative estimate of drug-likeness (QED) is 0.680. The average molecular weight is 271 g/mol. The van der Waals surface area contributed by atoms with Crippen LogP contribution in [-0.2, 0) is 0 Å². The van der Waals surface area contributed by atoms with Gasteiger partial charge >= 0.3 is 0 Å². The van der Waals surface area contributed by atoms with Gasteiger partial charge in [-0.15, -0.1) is 0 Å². The van der Waals surface area contributed by atoms with Crippen LogP contribution in [0.4, 0.5) is 16.2 Å². The molecule has 0 radical (unpaired) electrons. The van der Waals surface area contributed by atoms with Gasteiger partial charge in [-0.3, -0.25) is 0 Å². The first-order chi connectivity index (χ1) is 8.84. The number of hydrogen-bond acceptors (Lipinski definition) is 6. The topological polar surface area (TPSA) is 73.3 Å². The van der Waals surface area contributed by atoms with Crippen LogP contribution in [0, 0.1) is 5.82 Å². The van der Waals surface area contributed by atoms with Crippen molar-refractivity contribution in [1.29, 1.82) is 0 Å². The number of aromatic nitrogens is 2. The lowest BCUT2D eigenvalue weighted by atomic mass is 10.1. The molecule has 6 nitrogen and oxygen atoms in total. The molecule has 1 aromatic rings. The van der Waals surface area contributed by atoms with Crippen LogP contribution in [0.3, 0.4) is 0 Å². The van der Waals surface area contributed by atoms with Crippen LogP contribution in [0.5, 0.6) is 0 Å². The highest BCUT2D eigenvalue weighted by atomic mass is 19.1. The van der Waals surface area contributed by atoms with Crippen LogP contribution < -0.4 is 10.6 Å². The van der Waals surface area contributed by atoms with Crippen molar-refractivity contribution in [2.75, 3.05) is 44.4 Å². The van der Waals surface area contributed by atoms with Crippen molar-refractivity contribution < 1.29 is 9.50 Å². The zero-order chi connectivity index (χ0) is 14.5. The maximum Gasteiger partial charge on any atom is 0.224 e. The van der Waals surface area contributed by atoms with E-state index in [0.29, 0.717) is 19.0 Å². The summed E-state index contributed by atoms with van der Waals surface area (Å²) in [7, 11) is 3.73. The smallest absolute Gasteiger partial charge is 0.224 e. The van der Waals surface area contributed by atoms with E-state index in [1.165, 1.54) is 0 Å². The van der Waals surface area contributed by atoms with Crippen molar-refractivity contribution >= 4 is 11.8 Å². The van der Waals surface area contributed by atoms with Crippen molar-refractivity contribution in [3.63, 3.8) is 0 Å². The lowest BCUT2D eigenvalue weighted by Gasteiger charge is -2.27. The molecule has 1 rings (SSSR count). The van der Waals surface area contributed by atoms with Gasteiger partial charge < -0.3 is 20.6 Å². The minimum absolute atomic E-state index is 0.0879. The summed E-state index contributed by atoms with van der Waals surface area (Å²) in [5, 5.41) is 15.8. The third-order valence-corrected chi connectivity index (χ3v) is 2.37. The molecule has 1 heterocycles. The Hall–Kier alpha value is -1.47. The Morgan fingerprint density at radius 2 is 2.11 bits per heavy atom. The number of likely N-dealkylation sites (N-methyl/N-ethyl adjacent to an activating group) is 1. The number of rotatable bonds is 7. The summed E-state index contributed by atoms with van der Waals surface area (Å²) in [6.45, 7) is 4.91. The van der Waals surface area contributed by atoms with Crippen LogP contribution in [0.2, 0.25) is 0 Å². The molecule has 0 fully saturated rings. The Labute approximate surface area is 113 Å². The number of nitrogens with one attached hydrogen (secondary N) is 2. The fourth-order valence-corrected chi connectivity index (χ4v) is 1.75. The van der Waals surface area contributed by atoms with Gasteiger partial charge in [-0.25, -0.2) is 9.37 Å². The highest BCUT2D eigenvalue weighted by Gasteiger charge is 2.22. The van der Waals surface area contributed by atoms with Crippen LogP contribution in [0.15, 0.2) is 6.20 Å². The van der Waals surface area contributed by atoms with Gasteiger partial charge in [0.1, 0.15) is 0 Å². The van der Waals surface area contributed by atoms with Crippen molar-refractivity contribution in [3.8, 4) is 0 Å². The molecule has 0 aliphatic carbocycles. The summed E-state index contributed by atoms with van der Waals surface area (Å²) in [5.41, 5.74) is -0.973. The maximum atomic E-state index is 13.5. The molecule has 3 N–H and O–H groups in total. The molecular weight excluding hydrogens is 249 g/mol. The van der Waals surface area contributed by atoms with Gasteiger partial charge in [-0.1, -0.05) is 0 Å². The van der Waals surface area contributed by atoms with E-state index in [1.807, 2.05) is 25.9 Å². The van der Waals surface area contributed by atoms with Crippen LogP contribution in [0.1, 0.15) is 13.8 Å². The van der Waals surface area contributed by atoms with Gasteiger partial charge in [-0.2, -0.15) is 4.98 Å². The summed E-state index contributed by atoms with van der Waals surface area (Å²) < 4.78 is 13.5. The summed E-state index contributed by atoms with van der Waals surface area (Å²) in [6, 6.07) is 0. The molecule has 0 saturated heterocycles. The molecule has 0 spiro atoms. The van der Waals surface area contributed by atoms with Crippen molar-refractivity contribution in [2.45, 2.75) is 19.4 Å². The Balaban J connectivity index is 2.68. The molecule has 1 unspecified atom stereocenters. The van der Waals surface area contributed by atoms with E-state index in [1.54, 1.807) is 6.92 Å². The third-order valence-electron chi connectivity index (χ3n) is 2.37. The Morgan fingerprint density at radius 3 is 2.68 bits per heavy atom. The lowest BCUT2D eigenvalue weighted by molar-refractivity contribution is 0.0458.